The van der Waals surface area contributed by atoms with Crippen LogP contribution in [0.1, 0.15) is 278 Å². The van der Waals surface area contributed by atoms with Crippen LogP contribution in [0, 0.1) is 0 Å². The zero-order valence-electron chi connectivity index (χ0n) is 38.6. The lowest BCUT2D eigenvalue weighted by atomic mass is 9.78. The number of phenols is 1. The first kappa shape index (κ1) is 52.2. The van der Waals surface area contributed by atoms with Gasteiger partial charge in [-0.2, -0.15) is 0 Å². The number of unbranched alkanes of at least 4 members (excludes halogenated alkanes) is 30. The highest BCUT2D eigenvalue weighted by molar-refractivity contribution is 7.58. The SMILES string of the molecule is CCCCCCCCCCCCCCCCCCOP(=O)(CCCCCCCCCCCCCCCCCC)Cc1cc(C(C)(C)C)c(O)c(C(C)(C)C)c1. The van der Waals surface area contributed by atoms with E-state index in [0.717, 1.165) is 36.0 Å². The summed E-state index contributed by atoms with van der Waals surface area (Å²) in [5, 5.41) is 11.3. The Morgan fingerprint density at radius 3 is 1.02 bits per heavy atom. The molecule has 0 radical (unpaired) electrons. The molecule has 0 fully saturated rings. The fourth-order valence-electron chi connectivity index (χ4n) is 8.18. The molecule has 0 heterocycles. The molecule has 1 N–H and O–H groups in total. The van der Waals surface area contributed by atoms with Crippen LogP contribution in [0.4, 0.5) is 0 Å². The monoisotopic (exact) mass is 789 g/mol. The zero-order valence-corrected chi connectivity index (χ0v) is 39.5. The van der Waals surface area contributed by atoms with Crippen molar-refractivity contribution >= 4 is 7.37 Å². The van der Waals surface area contributed by atoms with Gasteiger partial charge in [-0.25, -0.2) is 0 Å². The third-order valence-corrected chi connectivity index (χ3v) is 14.4. The molecule has 55 heavy (non-hydrogen) atoms. The predicted octanol–water partition coefficient (Wildman–Crippen LogP) is 18.3. The van der Waals surface area contributed by atoms with Gasteiger partial charge in [0.1, 0.15) is 5.75 Å². The van der Waals surface area contributed by atoms with Gasteiger partial charge >= 0.3 is 0 Å². The first-order chi connectivity index (χ1) is 26.3. The summed E-state index contributed by atoms with van der Waals surface area (Å²) >= 11 is 0. The topological polar surface area (TPSA) is 46.5 Å². The van der Waals surface area contributed by atoms with Gasteiger partial charge < -0.3 is 9.63 Å². The molecule has 1 rings (SSSR count). The molecule has 0 aromatic heterocycles. The lowest BCUT2D eigenvalue weighted by Gasteiger charge is -2.29. The van der Waals surface area contributed by atoms with Gasteiger partial charge in [-0.15, -0.1) is 0 Å². The highest BCUT2D eigenvalue weighted by Crippen LogP contribution is 2.52. The number of benzene rings is 1. The minimum atomic E-state index is -2.86. The molecular formula is C51H97O3P. The van der Waals surface area contributed by atoms with Crippen LogP contribution < -0.4 is 0 Å². The second kappa shape index (κ2) is 32.1. The molecule has 0 amide bonds. The second-order valence-electron chi connectivity index (χ2n) is 19.7. The maximum absolute atomic E-state index is 14.6. The van der Waals surface area contributed by atoms with Gasteiger partial charge in [-0.05, 0) is 40.4 Å². The van der Waals surface area contributed by atoms with E-state index in [0.29, 0.717) is 24.7 Å². The van der Waals surface area contributed by atoms with Crippen molar-refractivity contribution in [3.05, 3.63) is 28.8 Å². The van der Waals surface area contributed by atoms with Crippen molar-refractivity contribution in [2.24, 2.45) is 0 Å². The maximum atomic E-state index is 14.6. The molecule has 0 aliphatic heterocycles. The van der Waals surface area contributed by atoms with Crippen molar-refractivity contribution in [2.45, 2.75) is 278 Å². The average molecular weight is 789 g/mol. The Hall–Kier alpha value is -0.790. The normalized spacial score (nSPS) is 13.5. The van der Waals surface area contributed by atoms with E-state index in [1.165, 1.54) is 186 Å². The molecule has 1 unspecified atom stereocenters. The van der Waals surface area contributed by atoms with Gasteiger partial charge in [0.05, 0.1) is 6.61 Å². The van der Waals surface area contributed by atoms with Crippen molar-refractivity contribution in [1.29, 1.82) is 0 Å². The van der Waals surface area contributed by atoms with Crippen LogP contribution in [0.5, 0.6) is 5.75 Å². The van der Waals surface area contributed by atoms with E-state index in [1.807, 2.05) is 0 Å². The third-order valence-electron chi connectivity index (χ3n) is 11.9. The largest absolute Gasteiger partial charge is 0.507 e. The second-order valence-corrected chi connectivity index (χ2v) is 22.3. The summed E-state index contributed by atoms with van der Waals surface area (Å²) in [6.45, 7) is 18.1. The van der Waals surface area contributed by atoms with Crippen LogP contribution in [0.15, 0.2) is 12.1 Å². The lowest BCUT2D eigenvalue weighted by molar-refractivity contribution is 0.299. The standard InChI is InChI=1S/C51H97O3P/c1-9-11-13-15-17-19-21-23-25-27-29-31-33-35-37-39-41-54-55(53,45-46-43-47(50(3,4)5)49(52)48(44-46)51(6,7)8)42-40-38-36-34-32-30-28-26-24-22-20-18-16-14-12-10-2/h43-44,52H,9-42,45H2,1-8H3. The molecule has 4 heteroatoms. The summed E-state index contributed by atoms with van der Waals surface area (Å²) in [6, 6.07) is 4.23. The quantitative estimate of drug-likeness (QED) is 0.0539. The van der Waals surface area contributed by atoms with Crippen LogP contribution in [0.25, 0.3) is 0 Å². The molecule has 324 valence electrons. The van der Waals surface area contributed by atoms with Gasteiger partial charge in [0.25, 0.3) is 0 Å². The predicted molar refractivity (Wildman–Crippen MR) is 247 cm³/mol. The van der Waals surface area contributed by atoms with E-state index in [-0.39, 0.29) is 10.8 Å². The Morgan fingerprint density at radius 1 is 0.455 bits per heavy atom. The van der Waals surface area contributed by atoms with Crippen molar-refractivity contribution in [3.8, 4) is 5.75 Å². The third kappa shape index (κ3) is 27.5. The Morgan fingerprint density at radius 2 is 0.727 bits per heavy atom. The Labute approximate surface area is 345 Å². The van der Waals surface area contributed by atoms with E-state index < -0.39 is 7.37 Å². The smallest absolute Gasteiger partial charge is 0.207 e. The van der Waals surface area contributed by atoms with Gasteiger partial charge in [-0.1, -0.05) is 260 Å². The summed E-state index contributed by atoms with van der Waals surface area (Å²) in [4.78, 5) is 0. The van der Waals surface area contributed by atoms with Crippen LogP contribution in [0.2, 0.25) is 0 Å². The maximum Gasteiger partial charge on any atom is 0.207 e. The number of rotatable bonds is 37. The number of hydrogen-bond acceptors (Lipinski definition) is 3. The number of aromatic hydroxyl groups is 1. The molecule has 0 saturated carbocycles. The minimum absolute atomic E-state index is 0.202. The van der Waals surface area contributed by atoms with Crippen LogP contribution in [0.3, 0.4) is 0 Å². The van der Waals surface area contributed by atoms with Gasteiger partial charge in [0.2, 0.25) is 7.37 Å². The Bertz CT molecular complexity index is 1050. The van der Waals surface area contributed by atoms with E-state index in [2.05, 4.69) is 67.5 Å². The molecule has 0 aliphatic carbocycles. The molecule has 0 saturated heterocycles. The summed E-state index contributed by atoms with van der Waals surface area (Å²) in [7, 11) is -2.86. The fourth-order valence-corrected chi connectivity index (χ4v) is 10.5. The van der Waals surface area contributed by atoms with Crippen molar-refractivity contribution in [2.75, 3.05) is 12.8 Å². The first-order valence-electron chi connectivity index (χ1n) is 24.4. The summed E-state index contributed by atoms with van der Waals surface area (Å²) in [5.74, 6) is 0.394. The highest BCUT2D eigenvalue weighted by Gasteiger charge is 2.30. The summed E-state index contributed by atoms with van der Waals surface area (Å²) in [5.41, 5.74) is 2.54. The molecule has 0 bridgehead atoms. The van der Waals surface area contributed by atoms with Crippen LogP contribution >= 0.6 is 7.37 Å². The molecule has 0 aliphatic rings. The van der Waals surface area contributed by atoms with Crippen molar-refractivity contribution in [1.82, 2.24) is 0 Å². The zero-order chi connectivity index (χ0) is 40.7. The average Bonchev–Trinajstić information content (AvgIpc) is 3.12. The van der Waals surface area contributed by atoms with E-state index in [4.69, 9.17) is 4.52 Å². The molecule has 1 aromatic rings. The fraction of sp³-hybridized carbons (Fsp3) is 0.882. The number of phenolic OH excluding ortho intramolecular Hbond substituents is 1. The van der Waals surface area contributed by atoms with Crippen molar-refractivity contribution in [3.63, 3.8) is 0 Å². The number of hydrogen-bond donors (Lipinski definition) is 1. The lowest BCUT2D eigenvalue weighted by Crippen LogP contribution is -2.18. The molecule has 1 atom stereocenters. The van der Waals surface area contributed by atoms with Gasteiger partial charge in [-0.3, -0.25) is 4.57 Å². The van der Waals surface area contributed by atoms with Gasteiger partial charge in [0, 0.05) is 12.3 Å². The molecule has 0 spiro atoms. The highest BCUT2D eigenvalue weighted by atomic mass is 31.2. The molecular weight excluding hydrogens is 692 g/mol. The first-order valence-corrected chi connectivity index (χ1v) is 26.4. The van der Waals surface area contributed by atoms with Crippen LogP contribution in [-0.2, 0) is 26.1 Å². The minimum Gasteiger partial charge on any atom is -0.507 e. The molecule has 1 aromatic carbocycles. The summed E-state index contributed by atoms with van der Waals surface area (Å²) in [6.07, 6.45) is 44.2. The van der Waals surface area contributed by atoms with Crippen molar-refractivity contribution < 1.29 is 14.2 Å². The van der Waals surface area contributed by atoms with E-state index >= 15 is 0 Å². The van der Waals surface area contributed by atoms with E-state index in [1.54, 1.807) is 0 Å². The summed E-state index contributed by atoms with van der Waals surface area (Å²) < 4.78 is 21.1. The van der Waals surface area contributed by atoms with E-state index in [9.17, 15) is 9.67 Å². The Kier molecular flexibility index (Phi) is 30.5. The van der Waals surface area contributed by atoms with Crippen LogP contribution in [-0.4, -0.2) is 17.9 Å². The molecule has 3 nitrogen and oxygen atoms in total. The van der Waals surface area contributed by atoms with Gasteiger partial charge in [0.15, 0.2) is 0 Å². The Balaban J connectivity index is 2.51.